The summed E-state index contributed by atoms with van der Waals surface area (Å²) >= 11 is 2.43. The van der Waals surface area contributed by atoms with Gasteiger partial charge in [0, 0.05) is 31.9 Å². The van der Waals surface area contributed by atoms with Crippen LogP contribution in [0, 0.1) is 3.57 Å². The second-order valence-corrected chi connectivity index (χ2v) is 10.2. The van der Waals surface area contributed by atoms with E-state index in [0.717, 1.165) is 29.1 Å². The van der Waals surface area contributed by atoms with Crippen molar-refractivity contribution in [3.05, 3.63) is 98.7 Å². The zero-order valence-electron chi connectivity index (χ0n) is 19.5. The molecular weight excluding hydrogens is 533 g/mol. The van der Waals surface area contributed by atoms with Crippen LogP contribution < -0.4 is 5.46 Å². The molecule has 0 aliphatic heterocycles. The fourth-order valence-corrected chi connectivity index (χ4v) is 6.93. The van der Waals surface area contributed by atoms with E-state index >= 15 is 0 Å². The summed E-state index contributed by atoms with van der Waals surface area (Å²) in [5, 5.41) is 12.8. The maximum absolute atomic E-state index is 14.4. The lowest BCUT2D eigenvalue weighted by Crippen LogP contribution is -2.20. The second-order valence-electron chi connectivity index (χ2n) is 9.03. The number of phenols is 1. The van der Waals surface area contributed by atoms with Crippen molar-refractivity contribution in [1.82, 2.24) is 0 Å². The first-order valence-electron chi connectivity index (χ1n) is 11.6. The maximum Gasteiger partial charge on any atom is 0.149 e. The Labute approximate surface area is 215 Å². The van der Waals surface area contributed by atoms with Crippen molar-refractivity contribution in [2.45, 2.75) is 38.4 Å². The Hall–Kier alpha value is -2.60. The number of fused-ring (bicyclic) bond motifs is 5. The Kier molecular flexibility index (Phi) is 5.83. The van der Waals surface area contributed by atoms with Crippen LogP contribution in [0.1, 0.15) is 58.6 Å². The Balaban J connectivity index is 1.91. The summed E-state index contributed by atoms with van der Waals surface area (Å²) in [7, 11) is 2.10. The van der Waals surface area contributed by atoms with Gasteiger partial charge in [0.25, 0.3) is 0 Å². The average molecular weight is 559 g/mol. The Morgan fingerprint density at radius 2 is 2.00 bits per heavy atom. The van der Waals surface area contributed by atoms with E-state index in [2.05, 4.69) is 80.8 Å². The molecule has 2 aliphatic rings. The minimum absolute atomic E-state index is 0.0624. The predicted octanol–water partition coefficient (Wildman–Crippen LogP) is 7.90. The topological polar surface area (TPSA) is 20.2 Å². The van der Waals surface area contributed by atoms with E-state index < -0.39 is 5.83 Å². The van der Waals surface area contributed by atoms with Gasteiger partial charge in [0.2, 0.25) is 0 Å². The number of benzene rings is 3. The first kappa shape index (κ1) is 23.2. The lowest BCUT2D eigenvalue weighted by Gasteiger charge is -2.28. The van der Waals surface area contributed by atoms with Crippen LogP contribution >= 0.6 is 22.6 Å². The van der Waals surface area contributed by atoms with Gasteiger partial charge in [0.15, 0.2) is 0 Å². The summed E-state index contributed by atoms with van der Waals surface area (Å²) in [5.74, 6) is -0.0424. The lowest BCUT2D eigenvalue weighted by atomic mass is 9.66. The molecule has 5 rings (SSSR count). The molecule has 0 aromatic heterocycles. The number of hydrogen-bond donors (Lipinski definition) is 1. The van der Waals surface area contributed by atoms with Crippen molar-refractivity contribution in [3.63, 3.8) is 0 Å². The summed E-state index contributed by atoms with van der Waals surface area (Å²) in [5.41, 5.74) is 9.57. The fourth-order valence-electron chi connectivity index (χ4n) is 6.21. The first-order chi connectivity index (χ1) is 16.4. The summed E-state index contributed by atoms with van der Waals surface area (Å²) < 4.78 is 15.7. The third-order valence-electron chi connectivity index (χ3n) is 7.57. The maximum atomic E-state index is 14.4. The van der Waals surface area contributed by atoms with Gasteiger partial charge < -0.3 is 5.11 Å². The molecule has 169 valence electrons. The highest BCUT2D eigenvalue weighted by molar-refractivity contribution is 14.1. The summed E-state index contributed by atoms with van der Waals surface area (Å²) in [6.07, 6.45) is 5.40. The Morgan fingerprint density at radius 3 is 2.62 bits per heavy atom. The van der Waals surface area contributed by atoms with Crippen LogP contribution in [0.2, 0.25) is 6.82 Å². The number of aromatic hydroxyl groups is 1. The van der Waals surface area contributed by atoms with E-state index in [1.807, 2.05) is 19.0 Å². The molecule has 4 heteroatoms. The van der Waals surface area contributed by atoms with Crippen molar-refractivity contribution >= 4 is 63.6 Å². The van der Waals surface area contributed by atoms with Gasteiger partial charge in [-0.25, -0.2) is 4.39 Å². The van der Waals surface area contributed by atoms with Gasteiger partial charge in [-0.1, -0.05) is 63.2 Å². The Bertz CT molecular complexity index is 1450. The van der Waals surface area contributed by atoms with Crippen LogP contribution in [-0.4, -0.2) is 12.4 Å². The third-order valence-corrected chi connectivity index (χ3v) is 8.58. The molecule has 0 saturated carbocycles. The first-order valence-corrected chi connectivity index (χ1v) is 12.7. The quantitative estimate of drug-likeness (QED) is 0.249. The molecule has 0 saturated heterocycles. The van der Waals surface area contributed by atoms with Crippen LogP contribution in [-0.2, 0) is 6.42 Å². The number of halogens is 2. The van der Waals surface area contributed by atoms with Crippen LogP contribution in [0.5, 0.6) is 5.75 Å². The van der Waals surface area contributed by atoms with E-state index in [4.69, 9.17) is 0 Å². The number of phenolic OH excluding ortho intramolecular Hbond substituents is 1. The molecule has 0 heterocycles. The molecule has 1 radical (unpaired) electrons. The van der Waals surface area contributed by atoms with E-state index in [1.165, 1.54) is 43.0 Å². The number of rotatable bonds is 5. The summed E-state index contributed by atoms with van der Waals surface area (Å²) in [6.45, 7) is 15.8. The minimum Gasteiger partial charge on any atom is -0.507 e. The third kappa shape index (κ3) is 3.11. The highest BCUT2D eigenvalue weighted by Gasteiger charge is 2.41. The van der Waals surface area contributed by atoms with Crippen molar-refractivity contribution < 1.29 is 9.50 Å². The Morgan fingerprint density at radius 1 is 1.24 bits per heavy atom. The van der Waals surface area contributed by atoms with Crippen LogP contribution in [0.3, 0.4) is 0 Å². The van der Waals surface area contributed by atoms with Crippen molar-refractivity contribution in [1.29, 1.82) is 0 Å². The number of hydrogen-bond acceptors (Lipinski definition) is 1. The van der Waals surface area contributed by atoms with Crippen molar-refractivity contribution in [2.75, 3.05) is 0 Å². The largest absolute Gasteiger partial charge is 0.507 e. The van der Waals surface area contributed by atoms with Crippen LogP contribution in [0.15, 0.2) is 61.7 Å². The lowest BCUT2D eigenvalue weighted by molar-refractivity contribution is 0.480. The summed E-state index contributed by atoms with van der Waals surface area (Å²) in [4.78, 5) is 0. The van der Waals surface area contributed by atoms with Gasteiger partial charge in [-0.3, -0.25) is 0 Å². The monoisotopic (exact) mass is 559 g/mol. The van der Waals surface area contributed by atoms with E-state index in [9.17, 15) is 9.50 Å². The molecule has 1 nitrogen and oxygen atoms in total. The van der Waals surface area contributed by atoms with Crippen molar-refractivity contribution in [2.24, 2.45) is 0 Å². The van der Waals surface area contributed by atoms with E-state index in [0.29, 0.717) is 11.1 Å². The molecule has 0 spiro atoms. The predicted molar refractivity (Wildman–Crippen MR) is 153 cm³/mol. The van der Waals surface area contributed by atoms with Gasteiger partial charge >= 0.3 is 0 Å². The molecule has 1 N–H and O–H groups in total. The number of allylic oxidation sites excluding steroid dienone is 3. The highest BCUT2D eigenvalue weighted by Crippen LogP contribution is 2.56. The van der Waals surface area contributed by atoms with Gasteiger partial charge in [0.1, 0.15) is 18.9 Å². The van der Waals surface area contributed by atoms with Gasteiger partial charge in [-0.15, -0.1) is 0 Å². The molecular formula is C30H26BFIO. The van der Waals surface area contributed by atoms with Gasteiger partial charge in [0.05, 0.1) is 0 Å². The standard InChI is InChI=1S/C30H26BFIO/c1-6-16-19-10-9-11-26(33)21(19)13-22-23-14-25-24(12-20(15(4)32)17(7-2)30(25)34)29(31-5)28(23)18(8-3)27(16)22/h6-7,9-12,14,18,22,34H,1-2,4,8,13H2,3,5H3. The molecule has 0 bridgehead atoms. The smallest absolute Gasteiger partial charge is 0.149 e. The molecule has 34 heavy (non-hydrogen) atoms. The van der Waals surface area contributed by atoms with E-state index in [1.54, 1.807) is 0 Å². The summed E-state index contributed by atoms with van der Waals surface area (Å²) in [6, 6.07) is 10.4. The molecule has 2 unspecified atom stereocenters. The minimum atomic E-state index is -0.572. The van der Waals surface area contributed by atoms with Gasteiger partial charge in [-0.2, -0.15) is 0 Å². The van der Waals surface area contributed by atoms with Gasteiger partial charge in [-0.05, 0) is 92.4 Å². The van der Waals surface area contributed by atoms with Crippen LogP contribution in [0.4, 0.5) is 4.39 Å². The fraction of sp³-hybridized carbons (Fsp3) is 0.200. The molecule has 2 aliphatic carbocycles. The SMILES string of the molecule is C=CC1=C2C(Cc3c(I)cccc31)c1cc3c(O)c(C=C)c(C(=C)F)cc3c([B]C)c1C2CC. The molecule has 0 amide bonds. The van der Waals surface area contributed by atoms with Crippen LogP contribution in [0.25, 0.3) is 28.2 Å². The molecule has 2 atom stereocenters. The highest BCUT2D eigenvalue weighted by atomic mass is 127. The normalized spacial score (nSPS) is 18.4. The molecule has 3 aromatic carbocycles. The zero-order chi connectivity index (χ0) is 24.3. The zero-order valence-corrected chi connectivity index (χ0v) is 21.7. The molecule has 3 aromatic rings. The second kappa shape index (κ2) is 8.56. The molecule has 0 fully saturated rings. The average Bonchev–Trinajstić information content (AvgIpc) is 3.14. The van der Waals surface area contributed by atoms with Crippen molar-refractivity contribution in [3.8, 4) is 5.75 Å². The van der Waals surface area contributed by atoms with E-state index in [-0.39, 0.29) is 17.6 Å².